The molecule has 0 saturated carbocycles. The van der Waals surface area contributed by atoms with Crippen molar-refractivity contribution in [2.24, 2.45) is 0 Å². The summed E-state index contributed by atoms with van der Waals surface area (Å²) in [4.78, 5) is 27.0. The van der Waals surface area contributed by atoms with Gasteiger partial charge in [-0.1, -0.05) is 17.7 Å². The minimum absolute atomic E-state index is 0.146. The predicted octanol–water partition coefficient (Wildman–Crippen LogP) is 3.22. The lowest BCUT2D eigenvalue weighted by Gasteiger charge is -2.36. The third-order valence-electron chi connectivity index (χ3n) is 4.38. The number of anilines is 1. The third kappa shape index (κ3) is 3.72. The van der Waals surface area contributed by atoms with E-state index in [2.05, 4.69) is 4.90 Å². The van der Waals surface area contributed by atoms with E-state index in [0.29, 0.717) is 26.2 Å². The van der Waals surface area contributed by atoms with Gasteiger partial charge in [0.1, 0.15) is 5.75 Å². The molecule has 1 saturated heterocycles. The molecule has 2 aromatic rings. The molecule has 0 unspecified atom stereocenters. The highest BCUT2D eigenvalue weighted by Crippen LogP contribution is 2.25. The number of nitro benzene ring substituents is 1. The van der Waals surface area contributed by atoms with Crippen molar-refractivity contribution in [2.75, 3.05) is 38.2 Å². The largest absolute Gasteiger partial charge is 0.497 e. The van der Waals surface area contributed by atoms with E-state index in [1.165, 1.54) is 18.2 Å². The summed E-state index contributed by atoms with van der Waals surface area (Å²) < 4.78 is 5.25. The van der Waals surface area contributed by atoms with Crippen molar-refractivity contribution < 1.29 is 14.5 Å². The van der Waals surface area contributed by atoms with Gasteiger partial charge in [0.25, 0.3) is 11.6 Å². The third-order valence-corrected chi connectivity index (χ3v) is 4.71. The number of hydrogen-bond donors (Lipinski definition) is 0. The maximum atomic E-state index is 12.7. The normalized spacial score (nSPS) is 14.2. The highest BCUT2D eigenvalue weighted by molar-refractivity contribution is 6.33. The summed E-state index contributed by atoms with van der Waals surface area (Å²) in [5.41, 5.74) is 1.05. The number of nitro groups is 1. The fraction of sp³-hybridized carbons (Fsp3) is 0.278. The molecule has 1 aliphatic heterocycles. The summed E-state index contributed by atoms with van der Waals surface area (Å²) >= 11 is 6.08. The zero-order valence-electron chi connectivity index (χ0n) is 14.2. The van der Waals surface area contributed by atoms with Crippen LogP contribution in [-0.4, -0.2) is 49.0 Å². The van der Waals surface area contributed by atoms with E-state index in [4.69, 9.17) is 16.3 Å². The van der Waals surface area contributed by atoms with Crippen LogP contribution in [0.3, 0.4) is 0 Å². The first-order valence-corrected chi connectivity index (χ1v) is 8.49. The average Bonchev–Trinajstić information content (AvgIpc) is 2.68. The Morgan fingerprint density at radius 3 is 2.54 bits per heavy atom. The molecule has 26 heavy (non-hydrogen) atoms. The minimum Gasteiger partial charge on any atom is -0.497 e. The monoisotopic (exact) mass is 375 g/mol. The molecule has 1 amide bonds. The Morgan fingerprint density at radius 1 is 1.15 bits per heavy atom. The van der Waals surface area contributed by atoms with Crippen LogP contribution in [0.2, 0.25) is 5.02 Å². The van der Waals surface area contributed by atoms with Gasteiger partial charge in [-0.2, -0.15) is 0 Å². The highest BCUT2D eigenvalue weighted by atomic mass is 35.5. The van der Waals surface area contributed by atoms with E-state index in [0.717, 1.165) is 11.4 Å². The van der Waals surface area contributed by atoms with Gasteiger partial charge in [-0.3, -0.25) is 14.9 Å². The molecule has 0 spiro atoms. The van der Waals surface area contributed by atoms with E-state index >= 15 is 0 Å². The lowest BCUT2D eigenvalue weighted by atomic mass is 10.1. The molecule has 0 radical (unpaired) electrons. The number of hydrogen-bond acceptors (Lipinski definition) is 5. The van der Waals surface area contributed by atoms with Crippen LogP contribution in [0.5, 0.6) is 5.75 Å². The summed E-state index contributed by atoms with van der Waals surface area (Å²) in [6, 6.07) is 11.7. The highest BCUT2D eigenvalue weighted by Gasteiger charge is 2.25. The van der Waals surface area contributed by atoms with Gasteiger partial charge in [-0.15, -0.1) is 0 Å². The van der Waals surface area contributed by atoms with Crippen molar-refractivity contribution in [3.8, 4) is 5.75 Å². The molecule has 7 nitrogen and oxygen atoms in total. The molecule has 1 heterocycles. The summed E-state index contributed by atoms with van der Waals surface area (Å²) in [5, 5.41) is 11.2. The Morgan fingerprint density at radius 2 is 1.88 bits per heavy atom. The minimum atomic E-state index is -0.534. The van der Waals surface area contributed by atoms with Crippen LogP contribution < -0.4 is 9.64 Å². The Kier molecular flexibility index (Phi) is 5.27. The van der Waals surface area contributed by atoms with Crippen LogP contribution >= 0.6 is 11.6 Å². The number of halogens is 1. The van der Waals surface area contributed by atoms with Crippen LogP contribution in [0.25, 0.3) is 0 Å². The van der Waals surface area contributed by atoms with Gasteiger partial charge in [0.05, 0.1) is 22.6 Å². The van der Waals surface area contributed by atoms with Gasteiger partial charge in [0, 0.05) is 50.1 Å². The number of carbonyl (C=O) groups is 1. The molecule has 0 bridgehead atoms. The first-order valence-electron chi connectivity index (χ1n) is 8.12. The van der Waals surface area contributed by atoms with Crippen LogP contribution in [-0.2, 0) is 0 Å². The summed E-state index contributed by atoms with van der Waals surface area (Å²) in [6.07, 6.45) is 0. The number of carbonyl (C=O) groups excluding carboxylic acids is 1. The van der Waals surface area contributed by atoms with E-state index in [1.54, 1.807) is 12.0 Å². The van der Waals surface area contributed by atoms with Gasteiger partial charge >= 0.3 is 0 Å². The van der Waals surface area contributed by atoms with Crippen molar-refractivity contribution in [2.45, 2.75) is 0 Å². The maximum absolute atomic E-state index is 12.7. The van der Waals surface area contributed by atoms with Crippen LogP contribution in [0.4, 0.5) is 11.4 Å². The molecule has 136 valence electrons. The Hall–Kier alpha value is -2.80. The number of nitrogens with zero attached hydrogens (tertiary/aromatic N) is 3. The molecule has 1 fully saturated rings. The topological polar surface area (TPSA) is 75.9 Å². The fourth-order valence-electron chi connectivity index (χ4n) is 2.94. The molecule has 2 aromatic carbocycles. The second-order valence-electron chi connectivity index (χ2n) is 5.90. The Balaban J connectivity index is 1.70. The summed E-state index contributed by atoms with van der Waals surface area (Å²) in [5.74, 6) is 0.494. The van der Waals surface area contributed by atoms with Crippen molar-refractivity contribution in [1.82, 2.24) is 4.90 Å². The van der Waals surface area contributed by atoms with Crippen LogP contribution in [0, 0.1) is 10.1 Å². The van der Waals surface area contributed by atoms with Gasteiger partial charge < -0.3 is 14.5 Å². The molecule has 1 aliphatic rings. The molecule has 0 N–H and O–H groups in total. The predicted molar refractivity (Wildman–Crippen MR) is 99.2 cm³/mol. The molecule has 0 atom stereocenters. The molecule has 0 aliphatic carbocycles. The number of rotatable bonds is 4. The molecular formula is C18H18ClN3O4. The zero-order chi connectivity index (χ0) is 18.7. The Bertz CT molecular complexity index is 835. The number of piperazine rings is 1. The number of non-ortho nitro benzene ring substituents is 1. The van der Waals surface area contributed by atoms with Crippen LogP contribution in [0.1, 0.15) is 10.4 Å². The SMILES string of the molecule is COc1cccc(N2CCN(C(=O)c3cc([N+](=O)[O-])ccc3Cl)CC2)c1. The maximum Gasteiger partial charge on any atom is 0.270 e. The average molecular weight is 376 g/mol. The van der Waals surface area contributed by atoms with E-state index in [1.807, 2.05) is 24.3 Å². The number of ether oxygens (including phenoxy) is 1. The first-order chi connectivity index (χ1) is 12.5. The van der Waals surface area contributed by atoms with Gasteiger partial charge in [-0.25, -0.2) is 0 Å². The molecule has 0 aromatic heterocycles. The van der Waals surface area contributed by atoms with E-state index in [-0.39, 0.29) is 22.2 Å². The van der Waals surface area contributed by atoms with E-state index < -0.39 is 4.92 Å². The number of methoxy groups -OCH3 is 1. The lowest BCUT2D eigenvalue weighted by molar-refractivity contribution is -0.384. The Labute approximate surface area is 155 Å². The number of amides is 1. The van der Waals surface area contributed by atoms with Crippen molar-refractivity contribution >= 4 is 28.9 Å². The van der Waals surface area contributed by atoms with Crippen molar-refractivity contribution in [1.29, 1.82) is 0 Å². The van der Waals surface area contributed by atoms with E-state index in [9.17, 15) is 14.9 Å². The first kappa shape index (κ1) is 18.0. The molecular weight excluding hydrogens is 358 g/mol. The smallest absolute Gasteiger partial charge is 0.270 e. The molecule has 8 heteroatoms. The second-order valence-corrected chi connectivity index (χ2v) is 6.31. The van der Waals surface area contributed by atoms with Crippen molar-refractivity contribution in [3.63, 3.8) is 0 Å². The zero-order valence-corrected chi connectivity index (χ0v) is 15.0. The van der Waals surface area contributed by atoms with Gasteiger partial charge in [-0.05, 0) is 18.2 Å². The standard InChI is InChI=1S/C18H18ClN3O4/c1-26-15-4-2-3-13(11-15)20-7-9-21(10-8-20)18(23)16-12-14(22(24)25)5-6-17(16)19/h2-6,11-12H,7-10H2,1H3. The second kappa shape index (κ2) is 7.61. The summed E-state index contributed by atoms with van der Waals surface area (Å²) in [7, 11) is 1.62. The quantitative estimate of drug-likeness (QED) is 0.605. The van der Waals surface area contributed by atoms with Crippen LogP contribution in [0.15, 0.2) is 42.5 Å². The molecule has 3 rings (SSSR count). The summed E-state index contributed by atoms with van der Waals surface area (Å²) in [6.45, 7) is 2.33. The van der Waals surface area contributed by atoms with Crippen molar-refractivity contribution in [3.05, 3.63) is 63.2 Å². The van der Waals surface area contributed by atoms with Gasteiger partial charge in [0.2, 0.25) is 0 Å². The fourth-order valence-corrected chi connectivity index (χ4v) is 3.13. The lowest BCUT2D eigenvalue weighted by Crippen LogP contribution is -2.48. The number of benzene rings is 2. The van der Waals surface area contributed by atoms with Gasteiger partial charge in [0.15, 0.2) is 0 Å².